The quantitative estimate of drug-likeness (QED) is 0.889. The summed E-state index contributed by atoms with van der Waals surface area (Å²) in [7, 11) is 0. The van der Waals surface area contributed by atoms with Crippen molar-refractivity contribution in [3.63, 3.8) is 0 Å². The third-order valence-corrected chi connectivity index (χ3v) is 3.40. The minimum absolute atomic E-state index is 0.0876. The monoisotopic (exact) mass is 290 g/mol. The molecule has 4 nitrogen and oxygen atoms in total. The van der Waals surface area contributed by atoms with E-state index in [9.17, 15) is 4.79 Å². The molecule has 1 aromatic carbocycles. The number of rotatable bonds is 6. The number of carbonyl (C=O) groups excluding carboxylic acids is 1. The topological polar surface area (TPSA) is 51.2 Å². The predicted molar refractivity (Wildman–Crippen MR) is 80.9 cm³/mol. The number of hydrogen-bond donors (Lipinski definition) is 1. The molecule has 0 saturated heterocycles. The third-order valence-electron chi connectivity index (χ3n) is 2.81. The first-order chi connectivity index (χ1) is 9.70. The van der Waals surface area contributed by atoms with Crippen molar-refractivity contribution in [1.29, 1.82) is 0 Å². The first-order valence-corrected chi connectivity index (χ1v) is 7.58. The molecule has 1 heterocycles. The van der Waals surface area contributed by atoms with Gasteiger partial charge < -0.3 is 10.1 Å². The maximum absolute atomic E-state index is 11.7. The fraction of sp³-hybridized carbons (Fsp3) is 0.333. The van der Waals surface area contributed by atoms with Crippen molar-refractivity contribution in [2.45, 2.75) is 26.4 Å². The molecule has 0 aliphatic rings. The Morgan fingerprint density at radius 3 is 2.75 bits per heavy atom. The molecule has 1 aromatic heterocycles. The van der Waals surface area contributed by atoms with Crippen LogP contribution in [0.2, 0.25) is 0 Å². The zero-order valence-electron chi connectivity index (χ0n) is 11.6. The van der Waals surface area contributed by atoms with Gasteiger partial charge in [-0.25, -0.2) is 4.98 Å². The molecule has 0 aliphatic carbocycles. The van der Waals surface area contributed by atoms with E-state index in [1.165, 1.54) is 0 Å². The van der Waals surface area contributed by atoms with Gasteiger partial charge in [0, 0.05) is 17.5 Å². The Morgan fingerprint density at radius 1 is 1.40 bits per heavy atom. The highest BCUT2D eigenvalue weighted by Crippen LogP contribution is 2.22. The van der Waals surface area contributed by atoms with Crippen LogP contribution >= 0.6 is 11.3 Å². The lowest BCUT2D eigenvalue weighted by atomic mass is 10.2. The van der Waals surface area contributed by atoms with Crippen LogP contribution in [-0.2, 0) is 4.79 Å². The highest BCUT2D eigenvalue weighted by Gasteiger charge is 2.13. The van der Waals surface area contributed by atoms with Crippen LogP contribution in [0.1, 0.15) is 20.3 Å². The number of nitrogens with zero attached hydrogens (tertiary/aromatic N) is 1. The summed E-state index contributed by atoms with van der Waals surface area (Å²) < 4.78 is 5.62. The summed E-state index contributed by atoms with van der Waals surface area (Å²) in [4.78, 5) is 16.0. The van der Waals surface area contributed by atoms with Crippen molar-refractivity contribution in [1.82, 2.24) is 10.3 Å². The van der Waals surface area contributed by atoms with Crippen LogP contribution < -0.4 is 10.1 Å². The molecular formula is C15H18N2O2S. The van der Waals surface area contributed by atoms with E-state index >= 15 is 0 Å². The van der Waals surface area contributed by atoms with Crippen LogP contribution in [0.5, 0.6) is 5.75 Å². The number of amides is 1. The minimum Gasteiger partial charge on any atom is -0.481 e. The molecule has 0 aliphatic heterocycles. The van der Waals surface area contributed by atoms with E-state index in [2.05, 4.69) is 10.3 Å². The second-order valence-electron chi connectivity index (χ2n) is 4.45. The molecular weight excluding hydrogens is 272 g/mol. The van der Waals surface area contributed by atoms with Crippen LogP contribution in [0.4, 0.5) is 0 Å². The van der Waals surface area contributed by atoms with E-state index in [0.717, 1.165) is 17.7 Å². The van der Waals surface area contributed by atoms with E-state index < -0.39 is 6.10 Å². The van der Waals surface area contributed by atoms with Crippen LogP contribution in [-0.4, -0.2) is 23.5 Å². The minimum atomic E-state index is -0.494. The van der Waals surface area contributed by atoms with Crippen molar-refractivity contribution >= 4 is 17.2 Å². The zero-order chi connectivity index (χ0) is 14.4. The first-order valence-electron chi connectivity index (χ1n) is 6.63. The van der Waals surface area contributed by atoms with Crippen LogP contribution in [0.15, 0.2) is 35.2 Å². The molecule has 2 aromatic rings. The van der Waals surface area contributed by atoms with E-state index in [1.54, 1.807) is 23.8 Å². The van der Waals surface area contributed by atoms with Gasteiger partial charge in [0.05, 0.1) is 11.2 Å². The zero-order valence-corrected chi connectivity index (χ0v) is 12.4. The summed E-state index contributed by atoms with van der Waals surface area (Å²) in [6.45, 7) is 4.44. The van der Waals surface area contributed by atoms with Gasteiger partial charge in [-0.3, -0.25) is 4.79 Å². The van der Waals surface area contributed by atoms with Gasteiger partial charge in [-0.1, -0.05) is 6.92 Å². The summed E-state index contributed by atoms with van der Waals surface area (Å²) in [5.74, 6) is 0.596. The highest BCUT2D eigenvalue weighted by atomic mass is 32.1. The predicted octanol–water partition coefficient (Wildman–Crippen LogP) is 3.10. The number of nitrogens with one attached hydrogen (secondary N) is 1. The van der Waals surface area contributed by atoms with Crippen LogP contribution in [0.25, 0.3) is 11.3 Å². The molecule has 1 amide bonds. The molecule has 0 bridgehead atoms. The number of carbonyl (C=O) groups is 1. The molecule has 5 heteroatoms. The maximum Gasteiger partial charge on any atom is 0.260 e. The van der Waals surface area contributed by atoms with Gasteiger partial charge in [0.25, 0.3) is 5.91 Å². The second-order valence-corrected chi connectivity index (χ2v) is 5.17. The number of benzene rings is 1. The molecule has 2 rings (SSSR count). The molecule has 0 fully saturated rings. The smallest absolute Gasteiger partial charge is 0.260 e. The van der Waals surface area contributed by atoms with Gasteiger partial charge in [0.15, 0.2) is 6.10 Å². The molecule has 106 valence electrons. The van der Waals surface area contributed by atoms with Gasteiger partial charge in [0.1, 0.15) is 5.75 Å². The Hall–Kier alpha value is -1.88. The average Bonchev–Trinajstić information content (AvgIpc) is 2.99. The van der Waals surface area contributed by atoms with Crippen LogP contribution in [0, 0.1) is 0 Å². The highest BCUT2D eigenvalue weighted by molar-refractivity contribution is 7.07. The average molecular weight is 290 g/mol. The lowest BCUT2D eigenvalue weighted by Crippen LogP contribution is -2.36. The Kier molecular flexibility index (Phi) is 5.12. The standard InChI is InChI=1S/C15H18N2O2S/c1-3-8-16-15(18)11(2)19-13-6-4-12(5-7-13)14-9-20-10-17-14/h4-7,9-11H,3,8H2,1-2H3,(H,16,18)/t11-/m0/s1. The Balaban J connectivity index is 1.95. The van der Waals surface area contributed by atoms with Gasteiger partial charge in [-0.05, 0) is 37.6 Å². The third kappa shape index (κ3) is 3.81. The maximum atomic E-state index is 11.7. The van der Waals surface area contributed by atoms with Gasteiger partial charge in [0.2, 0.25) is 0 Å². The normalized spacial score (nSPS) is 11.9. The summed E-state index contributed by atoms with van der Waals surface area (Å²) in [5, 5.41) is 4.81. The largest absolute Gasteiger partial charge is 0.481 e. The Bertz CT molecular complexity index is 538. The van der Waals surface area contributed by atoms with E-state index in [4.69, 9.17) is 4.74 Å². The van der Waals surface area contributed by atoms with Crippen molar-refractivity contribution in [3.8, 4) is 17.0 Å². The summed E-state index contributed by atoms with van der Waals surface area (Å²) in [6.07, 6.45) is 0.424. The molecule has 1 N–H and O–H groups in total. The Labute approximate surface area is 122 Å². The first kappa shape index (κ1) is 14.5. The summed E-state index contributed by atoms with van der Waals surface area (Å²) in [6, 6.07) is 7.61. The van der Waals surface area contributed by atoms with Crippen molar-refractivity contribution < 1.29 is 9.53 Å². The molecule has 20 heavy (non-hydrogen) atoms. The van der Waals surface area contributed by atoms with Crippen LogP contribution in [0.3, 0.4) is 0 Å². The summed E-state index contributed by atoms with van der Waals surface area (Å²) >= 11 is 1.57. The fourth-order valence-electron chi connectivity index (χ4n) is 1.71. The number of thiazole rings is 1. The number of ether oxygens (including phenoxy) is 1. The Morgan fingerprint density at radius 2 is 2.15 bits per heavy atom. The lowest BCUT2D eigenvalue weighted by molar-refractivity contribution is -0.127. The van der Waals surface area contributed by atoms with E-state index in [-0.39, 0.29) is 5.91 Å². The number of aromatic nitrogens is 1. The lowest BCUT2D eigenvalue weighted by Gasteiger charge is -2.14. The molecule has 0 unspecified atom stereocenters. The fourth-order valence-corrected chi connectivity index (χ4v) is 2.27. The van der Waals surface area contributed by atoms with Gasteiger partial charge in [-0.2, -0.15) is 0 Å². The SMILES string of the molecule is CCCNC(=O)[C@H](C)Oc1ccc(-c2cscn2)cc1. The molecule has 0 saturated carbocycles. The number of hydrogen-bond acceptors (Lipinski definition) is 4. The molecule has 1 atom stereocenters. The molecule has 0 spiro atoms. The van der Waals surface area contributed by atoms with E-state index in [0.29, 0.717) is 12.3 Å². The van der Waals surface area contributed by atoms with Crippen molar-refractivity contribution in [2.24, 2.45) is 0 Å². The van der Waals surface area contributed by atoms with Crippen molar-refractivity contribution in [2.75, 3.05) is 6.54 Å². The molecule has 0 radical (unpaired) electrons. The second kappa shape index (κ2) is 7.05. The van der Waals surface area contributed by atoms with E-state index in [1.807, 2.05) is 36.6 Å². The summed E-state index contributed by atoms with van der Waals surface area (Å²) in [5.41, 5.74) is 3.80. The van der Waals surface area contributed by atoms with Gasteiger partial charge >= 0.3 is 0 Å². The van der Waals surface area contributed by atoms with Crippen molar-refractivity contribution in [3.05, 3.63) is 35.2 Å². The van der Waals surface area contributed by atoms with Gasteiger partial charge in [-0.15, -0.1) is 11.3 Å².